The van der Waals surface area contributed by atoms with Gasteiger partial charge in [0.15, 0.2) is 0 Å². The Labute approximate surface area is 98.2 Å². The minimum absolute atomic E-state index is 0.0403. The van der Waals surface area contributed by atoms with Crippen molar-refractivity contribution in [3.05, 3.63) is 22.7 Å². The molecule has 0 atom stereocenters. The van der Waals surface area contributed by atoms with E-state index in [0.717, 1.165) is 23.0 Å². The van der Waals surface area contributed by atoms with Crippen LogP contribution in [0.5, 0.6) is 0 Å². The number of anilines is 2. The van der Waals surface area contributed by atoms with E-state index in [-0.39, 0.29) is 5.91 Å². The molecule has 0 saturated heterocycles. The van der Waals surface area contributed by atoms with Gasteiger partial charge in [-0.2, -0.15) is 0 Å². The second kappa shape index (κ2) is 5.75. The molecule has 0 radical (unpaired) electrons. The van der Waals surface area contributed by atoms with Crippen LogP contribution in [0.3, 0.4) is 0 Å². The molecular weight excluding hydrogens is 256 g/mol. The summed E-state index contributed by atoms with van der Waals surface area (Å²) in [6.45, 7) is 2.06. The number of rotatable bonds is 4. The molecule has 1 aromatic carbocycles. The first-order valence-electron chi connectivity index (χ1n) is 4.98. The Balaban J connectivity index is 2.57. The van der Waals surface area contributed by atoms with Crippen molar-refractivity contribution >= 4 is 33.2 Å². The number of halogens is 1. The third kappa shape index (κ3) is 3.91. The highest BCUT2D eigenvalue weighted by Gasteiger charge is 2.02. The fourth-order valence-corrected chi connectivity index (χ4v) is 1.43. The lowest BCUT2D eigenvalue weighted by atomic mass is 10.2. The highest BCUT2D eigenvalue weighted by atomic mass is 79.9. The number of nitrogens with one attached hydrogen (secondary N) is 1. The summed E-state index contributed by atoms with van der Waals surface area (Å²) in [6, 6.07) is 5.39. The molecule has 0 spiro atoms. The summed E-state index contributed by atoms with van der Waals surface area (Å²) in [5, 5.41) is 2.80. The third-order valence-corrected chi connectivity index (χ3v) is 2.76. The van der Waals surface area contributed by atoms with Crippen molar-refractivity contribution in [3.63, 3.8) is 0 Å². The first-order chi connectivity index (χ1) is 7.13. The molecule has 1 amide bonds. The van der Waals surface area contributed by atoms with Gasteiger partial charge in [-0.05, 0) is 40.5 Å². The molecule has 0 saturated carbocycles. The van der Waals surface area contributed by atoms with Crippen molar-refractivity contribution in [1.82, 2.24) is 0 Å². The van der Waals surface area contributed by atoms with Crippen molar-refractivity contribution in [2.45, 2.75) is 26.2 Å². The van der Waals surface area contributed by atoms with Crippen LogP contribution in [0.4, 0.5) is 11.4 Å². The molecule has 0 bridgehead atoms. The number of nitrogen functional groups attached to an aromatic ring is 1. The largest absolute Gasteiger partial charge is 0.398 e. The lowest BCUT2D eigenvalue weighted by molar-refractivity contribution is -0.116. The molecule has 4 heteroatoms. The van der Waals surface area contributed by atoms with Crippen LogP contribution < -0.4 is 11.1 Å². The predicted octanol–water partition coefficient (Wildman–Crippen LogP) is 3.16. The van der Waals surface area contributed by atoms with Gasteiger partial charge in [0.25, 0.3) is 0 Å². The van der Waals surface area contributed by atoms with E-state index in [1.807, 2.05) is 12.1 Å². The van der Waals surface area contributed by atoms with Crippen LogP contribution in [0.2, 0.25) is 0 Å². The molecule has 15 heavy (non-hydrogen) atoms. The maximum Gasteiger partial charge on any atom is 0.224 e. The van der Waals surface area contributed by atoms with Crippen molar-refractivity contribution in [2.75, 3.05) is 11.1 Å². The maximum atomic E-state index is 11.4. The van der Waals surface area contributed by atoms with E-state index in [4.69, 9.17) is 5.73 Å². The van der Waals surface area contributed by atoms with E-state index < -0.39 is 0 Å². The van der Waals surface area contributed by atoms with E-state index in [1.165, 1.54) is 0 Å². The Kier molecular flexibility index (Phi) is 4.62. The molecule has 0 heterocycles. The van der Waals surface area contributed by atoms with Crippen LogP contribution in [0, 0.1) is 0 Å². The van der Waals surface area contributed by atoms with Crippen LogP contribution in [0.25, 0.3) is 0 Å². The summed E-state index contributed by atoms with van der Waals surface area (Å²) in [5.41, 5.74) is 7.07. The summed E-state index contributed by atoms with van der Waals surface area (Å²) in [4.78, 5) is 11.4. The van der Waals surface area contributed by atoms with Gasteiger partial charge in [0.2, 0.25) is 5.91 Å². The first kappa shape index (κ1) is 12.0. The van der Waals surface area contributed by atoms with E-state index >= 15 is 0 Å². The van der Waals surface area contributed by atoms with Gasteiger partial charge in [-0.3, -0.25) is 4.79 Å². The molecule has 1 aromatic rings. The third-order valence-electron chi connectivity index (χ3n) is 2.04. The topological polar surface area (TPSA) is 55.1 Å². The minimum Gasteiger partial charge on any atom is -0.398 e. The quantitative estimate of drug-likeness (QED) is 0.826. The molecule has 3 nitrogen and oxygen atoms in total. The van der Waals surface area contributed by atoms with Gasteiger partial charge in [0.05, 0.1) is 0 Å². The summed E-state index contributed by atoms with van der Waals surface area (Å²) >= 11 is 3.30. The van der Waals surface area contributed by atoms with Crippen LogP contribution in [-0.4, -0.2) is 5.91 Å². The average Bonchev–Trinajstić information content (AvgIpc) is 2.20. The van der Waals surface area contributed by atoms with E-state index in [9.17, 15) is 4.79 Å². The Hall–Kier alpha value is -1.03. The summed E-state index contributed by atoms with van der Waals surface area (Å²) in [7, 11) is 0. The number of benzene rings is 1. The number of hydrogen-bond acceptors (Lipinski definition) is 2. The van der Waals surface area contributed by atoms with Crippen molar-refractivity contribution in [1.29, 1.82) is 0 Å². The molecule has 0 aliphatic rings. The lowest BCUT2D eigenvalue weighted by Gasteiger charge is -2.06. The monoisotopic (exact) mass is 270 g/mol. The van der Waals surface area contributed by atoms with Crippen molar-refractivity contribution < 1.29 is 4.79 Å². The molecule has 1 rings (SSSR count). The Morgan fingerprint density at radius 3 is 2.87 bits per heavy atom. The molecule has 0 aromatic heterocycles. The first-order valence-corrected chi connectivity index (χ1v) is 5.77. The molecule has 0 aliphatic heterocycles. The van der Waals surface area contributed by atoms with Crippen LogP contribution in [0.1, 0.15) is 26.2 Å². The predicted molar refractivity (Wildman–Crippen MR) is 66.7 cm³/mol. The zero-order chi connectivity index (χ0) is 11.3. The Morgan fingerprint density at radius 1 is 1.53 bits per heavy atom. The second-order valence-electron chi connectivity index (χ2n) is 3.39. The highest BCUT2D eigenvalue weighted by molar-refractivity contribution is 9.10. The number of hydrogen-bond donors (Lipinski definition) is 2. The summed E-state index contributed by atoms with van der Waals surface area (Å²) < 4.78 is 0.842. The smallest absolute Gasteiger partial charge is 0.224 e. The van der Waals surface area contributed by atoms with Gasteiger partial charge in [-0.25, -0.2) is 0 Å². The van der Waals surface area contributed by atoms with Crippen molar-refractivity contribution in [2.24, 2.45) is 0 Å². The molecule has 0 unspecified atom stereocenters. The van der Waals surface area contributed by atoms with Gasteiger partial charge in [0, 0.05) is 22.3 Å². The number of amides is 1. The second-order valence-corrected chi connectivity index (χ2v) is 4.24. The fraction of sp³-hybridized carbons (Fsp3) is 0.364. The van der Waals surface area contributed by atoms with Crippen molar-refractivity contribution in [3.8, 4) is 0 Å². The van der Waals surface area contributed by atoms with Crippen LogP contribution in [0.15, 0.2) is 22.7 Å². The molecule has 82 valence electrons. The van der Waals surface area contributed by atoms with E-state index in [2.05, 4.69) is 28.2 Å². The van der Waals surface area contributed by atoms with Gasteiger partial charge < -0.3 is 11.1 Å². The zero-order valence-corrected chi connectivity index (χ0v) is 10.3. The Bertz CT molecular complexity index is 352. The van der Waals surface area contributed by atoms with Crippen LogP contribution >= 0.6 is 15.9 Å². The SMILES string of the molecule is CCCCC(=O)Nc1ccc(Br)c(N)c1. The van der Waals surface area contributed by atoms with Gasteiger partial charge in [0.1, 0.15) is 0 Å². The number of unbranched alkanes of at least 4 members (excludes halogenated alkanes) is 1. The minimum atomic E-state index is 0.0403. The zero-order valence-electron chi connectivity index (χ0n) is 8.72. The normalized spacial score (nSPS) is 10.0. The number of carbonyl (C=O) groups is 1. The number of nitrogens with two attached hydrogens (primary N) is 1. The fourth-order valence-electron chi connectivity index (χ4n) is 1.18. The lowest BCUT2D eigenvalue weighted by Crippen LogP contribution is -2.11. The average molecular weight is 271 g/mol. The van der Waals surface area contributed by atoms with Crippen LogP contribution in [-0.2, 0) is 4.79 Å². The maximum absolute atomic E-state index is 11.4. The van der Waals surface area contributed by atoms with E-state index in [1.54, 1.807) is 6.07 Å². The molecular formula is C11H15BrN2O. The molecule has 0 aliphatic carbocycles. The molecule has 3 N–H and O–H groups in total. The Morgan fingerprint density at radius 2 is 2.27 bits per heavy atom. The van der Waals surface area contributed by atoms with Gasteiger partial charge in [-0.15, -0.1) is 0 Å². The summed E-state index contributed by atoms with van der Waals surface area (Å²) in [5.74, 6) is 0.0403. The standard InChI is InChI=1S/C11H15BrN2O/c1-2-3-4-11(15)14-8-5-6-9(12)10(13)7-8/h5-7H,2-4,13H2,1H3,(H,14,15). The molecule has 0 fully saturated rings. The highest BCUT2D eigenvalue weighted by Crippen LogP contribution is 2.22. The van der Waals surface area contributed by atoms with Gasteiger partial charge in [-0.1, -0.05) is 13.3 Å². The van der Waals surface area contributed by atoms with E-state index in [0.29, 0.717) is 12.1 Å². The summed E-state index contributed by atoms with van der Waals surface area (Å²) in [6.07, 6.45) is 2.50. The van der Waals surface area contributed by atoms with Gasteiger partial charge >= 0.3 is 0 Å². The number of carbonyl (C=O) groups excluding carboxylic acids is 1.